The topological polar surface area (TPSA) is 127 Å². The number of nitrogen functional groups attached to an aromatic ring is 1. The molecule has 250 valence electrons. The van der Waals surface area contributed by atoms with Crippen molar-refractivity contribution >= 4 is 34.8 Å². The lowest BCUT2D eigenvalue weighted by atomic mass is 9.88. The molecule has 1 aromatic heterocycles. The number of aromatic nitrogens is 3. The predicted octanol–water partition coefficient (Wildman–Crippen LogP) is 4.99. The van der Waals surface area contributed by atoms with Crippen LogP contribution in [0.5, 0.6) is 34.5 Å². The molecule has 0 aliphatic carbocycles. The highest BCUT2D eigenvalue weighted by Crippen LogP contribution is 2.42. The number of benzene rings is 3. The molecule has 6 rings (SSSR count). The van der Waals surface area contributed by atoms with Gasteiger partial charge in [-0.25, -0.2) is 0 Å². The van der Waals surface area contributed by atoms with E-state index >= 15 is 0 Å². The van der Waals surface area contributed by atoms with Crippen molar-refractivity contribution in [3.63, 3.8) is 0 Å². The van der Waals surface area contributed by atoms with Crippen molar-refractivity contribution in [3.8, 4) is 34.5 Å². The van der Waals surface area contributed by atoms with Crippen molar-refractivity contribution in [1.29, 1.82) is 0 Å². The van der Waals surface area contributed by atoms with Gasteiger partial charge in [0, 0.05) is 19.6 Å². The van der Waals surface area contributed by atoms with E-state index in [9.17, 15) is 0 Å². The summed E-state index contributed by atoms with van der Waals surface area (Å²) >= 11 is 0. The Labute approximate surface area is 285 Å². The van der Waals surface area contributed by atoms with Crippen LogP contribution in [0.4, 0.5) is 17.8 Å². The summed E-state index contributed by atoms with van der Waals surface area (Å²) in [5.41, 5.74) is 12.1. The summed E-state index contributed by atoms with van der Waals surface area (Å²) in [6.07, 6.45) is 2.21. The summed E-state index contributed by atoms with van der Waals surface area (Å²) in [6.45, 7) is 2.00. The Morgan fingerprint density at radius 3 is 1.85 bits per heavy atom. The van der Waals surface area contributed by atoms with Gasteiger partial charge in [0.15, 0.2) is 34.5 Å². The fourth-order valence-electron chi connectivity index (χ4n) is 6.41. The number of ether oxygens (including phenoxy) is 6. The van der Waals surface area contributed by atoms with Crippen LogP contribution < -0.4 is 44.0 Å². The van der Waals surface area contributed by atoms with Crippen LogP contribution in [0.25, 0.3) is 0 Å². The zero-order valence-electron chi connectivity index (χ0n) is 27.5. The van der Waals surface area contributed by atoms with Gasteiger partial charge in [0.25, 0.3) is 0 Å². The van der Waals surface area contributed by atoms with Crippen molar-refractivity contribution in [2.75, 3.05) is 71.3 Å². The van der Waals surface area contributed by atoms with E-state index in [4.69, 9.17) is 39.1 Å². The lowest BCUT2D eigenvalue weighted by Gasteiger charge is -2.38. The third kappa shape index (κ3) is 6.62. The zero-order valence-corrected chi connectivity index (χ0v) is 29.2. The maximum atomic E-state index is 6.38. The third-order valence-electron chi connectivity index (χ3n) is 8.77. The first-order valence-electron chi connectivity index (χ1n) is 15.1. The molecule has 2 N–H and O–H groups in total. The number of hydrogen-bond acceptors (Lipinski definition) is 12. The maximum absolute atomic E-state index is 6.38. The number of nitrogens with two attached hydrogens (primary N) is 1. The average Bonchev–Trinajstić information content (AvgIpc) is 3.09. The Bertz CT molecular complexity index is 1740. The summed E-state index contributed by atoms with van der Waals surface area (Å²) in [6, 6.07) is 14.0. The molecule has 0 amide bonds. The Morgan fingerprint density at radius 2 is 1.19 bits per heavy atom. The lowest BCUT2D eigenvalue weighted by Crippen LogP contribution is -2.39. The van der Waals surface area contributed by atoms with Crippen LogP contribution >= 0.6 is 17.0 Å². The van der Waals surface area contributed by atoms with Gasteiger partial charge >= 0.3 is 0 Å². The van der Waals surface area contributed by atoms with Gasteiger partial charge < -0.3 is 44.0 Å². The SMILES string of the molecule is Br.COc1ccc(CC2c3cc(OC)c(OC)cc3CCN2c2nc(N)nc(N3CCc4cc(OC)c(OC)cc4C3)n2)cc1OC. The fourth-order valence-corrected chi connectivity index (χ4v) is 6.41. The van der Waals surface area contributed by atoms with Crippen LogP contribution in [0.1, 0.15) is 33.9 Å². The number of halogens is 1. The second-order valence-corrected chi connectivity index (χ2v) is 11.2. The van der Waals surface area contributed by atoms with Crippen molar-refractivity contribution in [2.45, 2.75) is 31.8 Å². The van der Waals surface area contributed by atoms with E-state index in [1.54, 1.807) is 42.7 Å². The quantitative estimate of drug-likeness (QED) is 0.238. The molecule has 2 aliphatic heterocycles. The van der Waals surface area contributed by atoms with E-state index in [1.807, 2.05) is 24.3 Å². The molecular formula is C34H41BrN6O6. The minimum absolute atomic E-state index is 0. The number of anilines is 3. The second-order valence-electron chi connectivity index (χ2n) is 11.2. The molecule has 47 heavy (non-hydrogen) atoms. The summed E-state index contributed by atoms with van der Waals surface area (Å²) in [5.74, 6) is 5.34. The minimum atomic E-state index is -0.143. The van der Waals surface area contributed by atoms with Crippen LogP contribution in [0.3, 0.4) is 0 Å². The third-order valence-corrected chi connectivity index (χ3v) is 8.77. The van der Waals surface area contributed by atoms with E-state index in [1.165, 1.54) is 11.1 Å². The maximum Gasteiger partial charge on any atom is 0.232 e. The van der Waals surface area contributed by atoms with Gasteiger partial charge in [0.2, 0.25) is 17.8 Å². The van der Waals surface area contributed by atoms with E-state index in [0.717, 1.165) is 41.8 Å². The molecule has 0 saturated carbocycles. The fraction of sp³-hybridized carbons (Fsp3) is 0.382. The summed E-state index contributed by atoms with van der Waals surface area (Å²) in [5, 5.41) is 0. The van der Waals surface area contributed by atoms with Crippen LogP contribution in [0, 0.1) is 0 Å². The Kier molecular flexibility index (Phi) is 10.3. The van der Waals surface area contributed by atoms with Crippen LogP contribution in [-0.4, -0.2) is 70.7 Å². The largest absolute Gasteiger partial charge is 0.493 e. The van der Waals surface area contributed by atoms with Gasteiger partial charge in [-0.05, 0) is 83.5 Å². The number of hydrogen-bond donors (Lipinski definition) is 1. The summed E-state index contributed by atoms with van der Waals surface area (Å²) in [4.78, 5) is 18.6. The molecule has 13 heteroatoms. The molecular weight excluding hydrogens is 668 g/mol. The van der Waals surface area contributed by atoms with Gasteiger partial charge in [-0.1, -0.05) is 6.07 Å². The first kappa shape index (κ1) is 33.7. The molecule has 4 aromatic rings. The molecule has 0 bridgehead atoms. The first-order chi connectivity index (χ1) is 22.4. The van der Waals surface area contributed by atoms with E-state index in [2.05, 4.69) is 38.0 Å². The predicted molar refractivity (Wildman–Crippen MR) is 185 cm³/mol. The van der Waals surface area contributed by atoms with Crippen LogP contribution in [-0.2, 0) is 25.8 Å². The Morgan fingerprint density at radius 1 is 0.638 bits per heavy atom. The van der Waals surface area contributed by atoms with Gasteiger partial charge in [0.1, 0.15) is 0 Å². The van der Waals surface area contributed by atoms with Gasteiger partial charge in [-0.15, -0.1) is 17.0 Å². The molecule has 12 nitrogen and oxygen atoms in total. The van der Waals surface area contributed by atoms with Gasteiger partial charge in [-0.2, -0.15) is 15.0 Å². The monoisotopic (exact) mass is 708 g/mol. The van der Waals surface area contributed by atoms with Crippen molar-refractivity contribution in [1.82, 2.24) is 15.0 Å². The van der Waals surface area contributed by atoms with Gasteiger partial charge in [-0.3, -0.25) is 0 Å². The summed E-state index contributed by atoms with van der Waals surface area (Å²) < 4.78 is 33.6. The standard InChI is InChI=1S/C34H40N6O6.BrH/c1-41-26-8-7-20(14-27(26)42-2)13-25-24-18-31(46-6)29(44-4)16-22(24)10-12-40(25)34-37-32(35)36-33(38-34)39-11-9-21-15-28(43-3)30(45-5)17-23(21)19-39;/h7-8,14-18,25H,9-13,19H2,1-6H3,(H2,35,36,37,38);1H. The average molecular weight is 710 g/mol. The Hall–Kier alpha value is -4.65. The molecule has 0 fully saturated rings. The highest BCUT2D eigenvalue weighted by Gasteiger charge is 2.33. The zero-order chi connectivity index (χ0) is 32.4. The Balaban J connectivity index is 0.00000433. The lowest BCUT2D eigenvalue weighted by molar-refractivity contribution is 0.352. The summed E-state index contributed by atoms with van der Waals surface area (Å²) in [7, 11) is 9.87. The van der Waals surface area contributed by atoms with Crippen molar-refractivity contribution in [2.24, 2.45) is 0 Å². The van der Waals surface area contributed by atoms with E-state index in [-0.39, 0.29) is 29.0 Å². The molecule has 1 atom stereocenters. The van der Waals surface area contributed by atoms with Crippen molar-refractivity contribution < 1.29 is 28.4 Å². The van der Waals surface area contributed by atoms with E-state index < -0.39 is 0 Å². The molecule has 1 unspecified atom stereocenters. The molecule has 0 radical (unpaired) electrons. The minimum Gasteiger partial charge on any atom is -0.493 e. The van der Waals surface area contributed by atoms with E-state index in [0.29, 0.717) is 60.2 Å². The molecule has 3 aromatic carbocycles. The molecule has 0 saturated heterocycles. The molecule has 3 heterocycles. The normalized spacial score (nSPS) is 15.1. The number of fused-ring (bicyclic) bond motifs is 2. The number of methoxy groups -OCH3 is 6. The molecule has 2 aliphatic rings. The first-order valence-corrected chi connectivity index (χ1v) is 15.1. The number of rotatable bonds is 10. The second kappa shape index (κ2) is 14.4. The van der Waals surface area contributed by atoms with Crippen LogP contribution in [0.2, 0.25) is 0 Å². The highest BCUT2D eigenvalue weighted by atomic mass is 79.9. The number of nitrogens with zero attached hydrogens (tertiary/aromatic N) is 5. The van der Waals surface area contributed by atoms with Crippen molar-refractivity contribution in [3.05, 3.63) is 70.3 Å². The smallest absolute Gasteiger partial charge is 0.232 e. The highest BCUT2D eigenvalue weighted by molar-refractivity contribution is 8.93. The van der Waals surface area contributed by atoms with Crippen LogP contribution in [0.15, 0.2) is 42.5 Å². The molecule has 0 spiro atoms. The van der Waals surface area contributed by atoms with Gasteiger partial charge in [0.05, 0.1) is 48.7 Å².